The van der Waals surface area contributed by atoms with Gasteiger partial charge in [-0.15, -0.1) is 0 Å². The molecule has 1 aliphatic carbocycles. The predicted octanol–water partition coefficient (Wildman–Crippen LogP) is 2.62. The number of hydrogen-bond acceptors (Lipinski definition) is 3. The molecule has 1 aromatic carbocycles. The monoisotopic (exact) mass is 346 g/mol. The van der Waals surface area contributed by atoms with Crippen molar-refractivity contribution in [1.82, 2.24) is 0 Å². The lowest BCUT2D eigenvalue weighted by atomic mass is 10.1. The van der Waals surface area contributed by atoms with Gasteiger partial charge in [0.15, 0.2) is 9.84 Å². The van der Waals surface area contributed by atoms with Gasteiger partial charge < -0.3 is 5.11 Å². The van der Waals surface area contributed by atoms with Crippen molar-refractivity contribution in [2.24, 2.45) is 5.41 Å². The molecule has 0 bridgehead atoms. The Labute approximate surface area is 120 Å². The molecule has 2 rings (SSSR count). The largest absolute Gasteiger partial charge is 0.481 e. The van der Waals surface area contributed by atoms with E-state index in [1.807, 2.05) is 6.07 Å². The summed E-state index contributed by atoms with van der Waals surface area (Å²) in [7, 11) is -3.29. The van der Waals surface area contributed by atoms with Gasteiger partial charge in [-0.3, -0.25) is 4.79 Å². The molecule has 104 valence electrons. The van der Waals surface area contributed by atoms with Gasteiger partial charge >= 0.3 is 5.97 Å². The zero-order valence-corrected chi connectivity index (χ0v) is 12.7. The molecule has 1 saturated carbocycles. The Morgan fingerprint density at radius 3 is 2.47 bits per heavy atom. The molecule has 1 fully saturated rings. The summed E-state index contributed by atoms with van der Waals surface area (Å²) in [6.07, 6.45) is 1.32. The Kier molecular flexibility index (Phi) is 4.01. The van der Waals surface area contributed by atoms with Gasteiger partial charge in [0, 0.05) is 4.47 Å². The quantitative estimate of drug-likeness (QED) is 0.859. The molecule has 0 heterocycles. The van der Waals surface area contributed by atoms with Gasteiger partial charge in [0.05, 0.1) is 17.9 Å². The van der Waals surface area contributed by atoms with Crippen LogP contribution in [0.4, 0.5) is 0 Å². The summed E-state index contributed by atoms with van der Waals surface area (Å²) in [4.78, 5) is 10.8. The third-order valence-corrected chi connectivity index (χ3v) is 5.92. The fourth-order valence-corrected chi connectivity index (χ4v) is 5.00. The highest BCUT2D eigenvalue weighted by Crippen LogP contribution is 2.50. The van der Waals surface area contributed by atoms with Crippen molar-refractivity contribution in [2.45, 2.75) is 25.0 Å². The summed E-state index contributed by atoms with van der Waals surface area (Å²) in [5, 5.41) is 8.82. The van der Waals surface area contributed by atoms with E-state index in [0.717, 1.165) is 4.47 Å². The fraction of sp³-hybridized carbons (Fsp3) is 0.462. The molecule has 19 heavy (non-hydrogen) atoms. The molecular formula is C13H15BrO4S. The fourth-order valence-electron chi connectivity index (χ4n) is 2.24. The minimum absolute atomic E-state index is 0.0341. The maximum Gasteiger partial charge on any atom is 0.303 e. The average molecular weight is 347 g/mol. The van der Waals surface area contributed by atoms with Crippen LogP contribution in [0.2, 0.25) is 0 Å². The summed E-state index contributed by atoms with van der Waals surface area (Å²) in [6.45, 7) is 0. The van der Waals surface area contributed by atoms with Gasteiger partial charge in [-0.05, 0) is 29.9 Å². The maximum absolute atomic E-state index is 12.2. The second kappa shape index (κ2) is 5.25. The minimum Gasteiger partial charge on any atom is -0.481 e. The van der Waals surface area contributed by atoms with Crippen molar-refractivity contribution in [3.8, 4) is 0 Å². The molecule has 1 aromatic rings. The molecule has 0 saturated heterocycles. The van der Waals surface area contributed by atoms with Crippen molar-refractivity contribution in [1.29, 1.82) is 0 Å². The number of benzene rings is 1. The second-order valence-corrected chi connectivity index (χ2v) is 8.11. The van der Waals surface area contributed by atoms with Crippen LogP contribution in [0.25, 0.3) is 0 Å². The van der Waals surface area contributed by atoms with Crippen LogP contribution < -0.4 is 0 Å². The Hall–Kier alpha value is -0.880. The summed E-state index contributed by atoms with van der Waals surface area (Å²) in [6, 6.07) is 7.18. The molecular weight excluding hydrogens is 332 g/mol. The van der Waals surface area contributed by atoms with E-state index in [4.69, 9.17) is 5.11 Å². The summed E-state index contributed by atoms with van der Waals surface area (Å²) < 4.78 is 25.1. The molecule has 4 nitrogen and oxygen atoms in total. The van der Waals surface area contributed by atoms with Gasteiger partial charge in [-0.2, -0.15) is 0 Å². The first kappa shape index (κ1) is 14.5. The Morgan fingerprint density at radius 1 is 1.32 bits per heavy atom. The molecule has 0 amide bonds. The first-order chi connectivity index (χ1) is 8.82. The van der Waals surface area contributed by atoms with Crippen LogP contribution in [-0.4, -0.2) is 25.2 Å². The topological polar surface area (TPSA) is 71.4 Å². The normalized spacial score (nSPS) is 17.1. The van der Waals surface area contributed by atoms with Crippen LogP contribution in [0.5, 0.6) is 0 Å². The van der Waals surface area contributed by atoms with Crippen LogP contribution in [0.3, 0.4) is 0 Å². The van der Waals surface area contributed by atoms with Crippen LogP contribution in [0, 0.1) is 5.41 Å². The van der Waals surface area contributed by atoms with E-state index in [2.05, 4.69) is 15.9 Å². The number of sulfone groups is 1. The maximum atomic E-state index is 12.2. The third-order valence-electron chi connectivity index (χ3n) is 3.34. The highest BCUT2D eigenvalue weighted by molar-refractivity contribution is 9.10. The minimum atomic E-state index is -3.29. The van der Waals surface area contributed by atoms with Gasteiger partial charge in [-0.25, -0.2) is 8.42 Å². The number of hydrogen-bond donors (Lipinski definition) is 1. The molecule has 6 heteroatoms. The van der Waals surface area contributed by atoms with E-state index in [0.29, 0.717) is 18.4 Å². The van der Waals surface area contributed by atoms with Gasteiger partial charge in [0.1, 0.15) is 0 Å². The van der Waals surface area contributed by atoms with E-state index in [1.54, 1.807) is 18.2 Å². The number of halogens is 1. The zero-order valence-electron chi connectivity index (χ0n) is 10.3. The molecule has 0 radical (unpaired) electrons. The Balaban J connectivity index is 2.08. The first-order valence-corrected chi connectivity index (χ1v) is 8.59. The van der Waals surface area contributed by atoms with Crippen molar-refractivity contribution in [3.63, 3.8) is 0 Å². The van der Waals surface area contributed by atoms with Crippen molar-refractivity contribution >= 4 is 31.7 Å². The van der Waals surface area contributed by atoms with Crippen molar-refractivity contribution < 1.29 is 18.3 Å². The second-order valence-electron chi connectivity index (χ2n) is 5.19. The molecule has 1 N–H and O–H groups in total. The standard InChI is InChI=1S/C13H15BrO4S/c14-11-4-2-1-3-10(11)8-19(17,18)9-13(5-6-13)7-12(15)16/h1-4H,5-9H2,(H,15,16). The number of carboxylic acid groups (broad SMARTS) is 1. The van der Waals surface area contributed by atoms with E-state index in [-0.39, 0.29) is 17.9 Å². The average Bonchev–Trinajstić information content (AvgIpc) is 2.98. The molecule has 0 aromatic heterocycles. The molecule has 0 aliphatic heterocycles. The SMILES string of the molecule is O=C(O)CC1(CS(=O)(=O)Cc2ccccc2Br)CC1. The van der Waals surface area contributed by atoms with Gasteiger partial charge in [-0.1, -0.05) is 34.1 Å². The van der Waals surface area contributed by atoms with E-state index in [1.165, 1.54) is 0 Å². The Bertz CT molecular complexity index is 590. The van der Waals surface area contributed by atoms with Crippen LogP contribution in [0.15, 0.2) is 28.7 Å². The third kappa shape index (κ3) is 4.04. The summed E-state index contributed by atoms with van der Waals surface area (Å²) >= 11 is 3.33. The highest BCUT2D eigenvalue weighted by Gasteiger charge is 2.47. The van der Waals surface area contributed by atoms with Crippen molar-refractivity contribution in [3.05, 3.63) is 34.3 Å². The lowest BCUT2D eigenvalue weighted by molar-refractivity contribution is -0.138. The Morgan fingerprint density at radius 2 is 1.95 bits per heavy atom. The van der Waals surface area contributed by atoms with E-state index in [9.17, 15) is 13.2 Å². The molecule has 0 spiro atoms. The first-order valence-electron chi connectivity index (χ1n) is 5.98. The molecule has 1 aliphatic rings. The molecule has 0 atom stereocenters. The number of rotatable bonds is 6. The summed E-state index contributed by atoms with van der Waals surface area (Å²) in [5.74, 6) is -1.00. The van der Waals surface area contributed by atoms with Gasteiger partial charge in [0.2, 0.25) is 0 Å². The predicted molar refractivity (Wildman–Crippen MR) is 75.6 cm³/mol. The zero-order chi connectivity index (χ0) is 14.1. The van der Waals surface area contributed by atoms with Crippen LogP contribution in [-0.2, 0) is 20.4 Å². The smallest absolute Gasteiger partial charge is 0.303 e. The lowest BCUT2D eigenvalue weighted by Crippen LogP contribution is -2.21. The lowest BCUT2D eigenvalue weighted by Gasteiger charge is -2.13. The van der Waals surface area contributed by atoms with Crippen LogP contribution >= 0.6 is 15.9 Å². The van der Waals surface area contributed by atoms with Crippen molar-refractivity contribution in [2.75, 3.05) is 5.75 Å². The summed E-state index contributed by atoms with van der Waals surface area (Å²) in [5.41, 5.74) is 0.194. The van der Waals surface area contributed by atoms with Gasteiger partial charge in [0.25, 0.3) is 0 Å². The number of aliphatic carboxylic acids is 1. The molecule has 0 unspecified atom stereocenters. The number of carbonyl (C=O) groups is 1. The van der Waals surface area contributed by atoms with Crippen LogP contribution in [0.1, 0.15) is 24.8 Å². The van der Waals surface area contributed by atoms with E-state index < -0.39 is 21.2 Å². The highest BCUT2D eigenvalue weighted by atomic mass is 79.9. The van der Waals surface area contributed by atoms with E-state index >= 15 is 0 Å². The number of carboxylic acids is 1.